The number of benzene rings is 1. The smallest absolute Gasteiger partial charge is 0.339 e. The Morgan fingerprint density at radius 1 is 1.30 bits per heavy atom. The molecule has 0 radical (unpaired) electrons. The molecule has 0 aliphatic rings. The normalized spacial score (nSPS) is 10.3. The molecule has 0 unspecified atom stereocenters. The van der Waals surface area contributed by atoms with Gasteiger partial charge in [-0.05, 0) is 31.5 Å². The monoisotopic (exact) mass is 272 g/mol. The van der Waals surface area contributed by atoms with Crippen molar-refractivity contribution in [3.63, 3.8) is 0 Å². The molecule has 2 rings (SSSR count). The maximum Gasteiger partial charge on any atom is 0.339 e. The SMILES string of the molecule is CCOc1ccc(Cc2ncc(C(=O)O)c(C)n2)cc1. The molecule has 5 heteroatoms. The minimum atomic E-state index is -1.00. The zero-order valence-corrected chi connectivity index (χ0v) is 11.5. The van der Waals surface area contributed by atoms with Gasteiger partial charge in [-0.2, -0.15) is 0 Å². The summed E-state index contributed by atoms with van der Waals surface area (Å²) in [5, 5.41) is 8.93. The lowest BCUT2D eigenvalue weighted by Crippen LogP contribution is -2.06. The molecule has 1 N–H and O–H groups in total. The van der Waals surface area contributed by atoms with Crippen molar-refractivity contribution < 1.29 is 14.6 Å². The van der Waals surface area contributed by atoms with Crippen LogP contribution < -0.4 is 4.74 Å². The van der Waals surface area contributed by atoms with Gasteiger partial charge in [-0.1, -0.05) is 12.1 Å². The molecule has 0 saturated heterocycles. The Morgan fingerprint density at radius 2 is 2.00 bits per heavy atom. The average Bonchev–Trinajstić information content (AvgIpc) is 2.41. The molecule has 1 aromatic heterocycles. The third kappa shape index (κ3) is 3.32. The maximum atomic E-state index is 10.9. The molecule has 0 spiro atoms. The predicted octanol–water partition coefficient (Wildman–Crippen LogP) is 2.47. The van der Waals surface area contributed by atoms with Gasteiger partial charge in [-0.25, -0.2) is 14.8 Å². The third-order valence-electron chi connectivity index (χ3n) is 2.86. The van der Waals surface area contributed by atoms with Crippen molar-refractivity contribution in [3.8, 4) is 5.75 Å². The van der Waals surface area contributed by atoms with Gasteiger partial charge in [0.1, 0.15) is 11.6 Å². The lowest BCUT2D eigenvalue weighted by atomic mass is 10.1. The molecule has 5 nitrogen and oxygen atoms in total. The number of carboxylic acids is 1. The lowest BCUT2D eigenvalue weighted by molar-refractivity contribution is 0.0695. The molecule has 104 valence electrons. The highest BCUT2D eigenvalue weighted by molar-refractivity contribution is 5.88. The Kier molecular flexibility index (Phi) is 4.30. The first-order valence-corrected chi connectivity index (χ1v) is 6.37. The minimum Gasteiger partial charge on any atom is -0.494 e. The van der Waals surface area contributed by atoms with Crippen LogP contribution in [0.3, 0.4) is 0 Å². The molecule has 0 fully saturated rings. The standard InChI is InChI=1S/C15H16N2O3/c1-3-20-12-6-4-11(5-7-12)8-14-16-9-13(15(18)19)10(2)17-14/h4-7,9H,3,8H2,1-2H3,(H,18,19). The summed E-state index contributed by atoms with van der Waals surface area (Å²) in [5.41, 5.74) is 1.67. The largest absolute Gasteiger partial charge is 0.494 e. The first-order chi connectivity index (χ1) is 9.60. The molecular weight excluding hydrogens is 256 g/mol. The van der Waals surface area contributed by atoms with E-state index < -0.39 is 5.97 Å². The number of aryl methyl sites for hydroxylation is 1. The Bertz CT molecular complexity index is 609. The third-order valence-corrected chi connectivity index (χ3v) is 2.86. The Labute approximate surface area is 117 Å². The van der Waals surface area contributed by atoms with Gasteiger partial charge in [0.05, 0.1) is 17.9 Å². The first kappa shape index (κ1) is 14.0. The fourth-order valence-electron chi connectivity index (χ4n) is 1.86. The van der Waals surface area contributed by atoms with Crippen LogP contribution in [-0.2, 0) is 6.42 Å². The highest BCUT2D eigenvalue weighted by atomic mass is 16.5. The maximum absolute atomic E-state index is 10.9. The van der Waals surface area contributed by atoms with Crippen LogP contribution in [0.4, 0.5) is 0 Å². The van der Waals surface area contributed by atoms with Crippen molar-refractivity contribution in [1.29, 1.82) is 0 Å². The summed E-state index contributed by atoms with van der Waals surface area (Å²) >= 11 is 0. The minimum absolute atomic E-state index is 0.139. The van der Waals surface area contributed by atoms with E-state index in [1.807, 2.05) is 31.2 Å². The number of hydrogen-bond acceptors (Lipinski definition) is 4. The summed E-state index contributed by atoms with van der Waals surface area (Å²) in [5.74, 6) is 0.432. The van der Waals surface area contributed by atoms with E-state index in [-0.39, 0.29) is 5.56 Å². The fourth-order valence-corrected chi connectivity index (χ4v) is 1.86. The van der Waals surface area contributed by atoms with Gasteiger partial charge in [0.2, 0.25) is 0 Å². The van der Waals surface area contributed by atoms with Crippen LogP contribution in [0, 0.1) is 6.92 Å². The molecule has 0 aliphatic heterocycles. The van der Waals surface area contributed by atoms with Crippen LogP contribution in [0.15, 0.2) is 30.5 Å². The van der Waals surface area contributed by atoms with E-state index in [2.05, 4.69) is 9.97 Å². The second-order valence-corrected chi connectivity index (χ2v) is 4.34. The zero-order valence-electron chi connectivity index (χ0n) is 11.5. The van der Waals surface area contributed by atoms with Gasteiger partial charge in [0.15, 0.2) is 0 Å². The second-order valence-electron chi connectivity index (χ2n) is 4.34. The number of aromatic nitrogens is 2. The predicted molar refractivity (Wildman–Crippen MR) is 74.1 cm³/mol. The number of nitrogens with zero attached hydrogens (tertiary/aromatic N) is 2. The van der Waals surface area contributed by atoms with Crippen LogP contribution in [0.1, 0.15) is 34.4 Å². The molecule has 0 atom stereocenters. The number of rotatable bonds is 5. The topological polar surface area (TPSA) is 72.3 Å². The first-order valence-electron chi connectivity index (χ1n) is 6.37. The summed E-state index contributed by atoms with van der Waals surface area (Å²) in [7, 11) is 0. The van der Waals surface area contributed by atoms with Crippen molar-refractivity contribution in [2.75, 3.05) is 6.61 Å². The highest BCUT2D eigenvalue weighted by Gasteiger charge is 2.10. The van der Waals surface area contributed by atoms with Crippen LogP contribution in [0.5, 0.6) is 5.75 Å². The van der Waals surface area contributed by atoms with Crippen LogP contribution in [0.25, 0.3) is 0 Å². The lowest BCUT2D eigenvalue weighted by Gasteiger charge is -2.06. The molecule has 1 heterocycles. The van der Waals surface area contributed by atoms with E-state index in [0.717, 1.165) is 11.3 Å². The number of aromatic carboxylic acids is 1. The number of carboxylic acid groups (broad SMARTS) is 1. The Balaban J connectivity index is 2.13. The van der Waals surface area contributed by atoms with Crippen LogP contribution in [-0.4, -0.2) is 27.7 Å². The summed E-state index contributed by atoms with van der Waals surface area (Å²) in [6, 6.07) is 7.71. The van der Waals surface area contributed by atoms with E-state index in [1.165, 1.54) is 6.20 Å². The molecule has 0 saturated carbocycles. The Morgan fingerprint density at radius 3 is 2.55 bits per heavy atom. The van der Waals surface area contributed by atoms with Gasteiger partial charge >= 0.3 is 5.97 Å². The van der Waals surface area contributed by atoms with Gasteiger partial charge < -0.3 is 9.84 Å². The molecular formula is C15H16N2O3. The molecule has 1 aromatic carbocycles. The van der Waals surface area contributed by atoms with Gasteiger partial charge in [0.25, 0.3) is 0 Å². The van der Waals surface area contributed by atoms with E-state index in [4.69, 9.17) is 9.84 Å². The van der Waals surface area contributed by atoms with Gasteiger partial charge in [-0.15, -0.1) is 0 Å². The number of ether oxygens (including phenoxy) is 1. The van der Waals surface area contributed by atoms with E-state index >= 15 is 0 Å². The van der Waals surface area contributed by atoms with Gasteiger partial charge in [-0.3, -0.25) is 0 Å². The van der Waals surface area contributed by atoms with Crippen molar-refractivity contribution in [2.24, 2.45) is 0 Å². The summed E-state index contributed by atoms with van der Waals surface area (Å²) in [6.45, 7) is 4.25. The van der Waals surface area contributed by atoms with Crippen LogP contribution >= 0.6 is 0 Å². The Hall–Kier alpha value is -2.43. The quantitative estimate of drug-likeness (QED) is 0.905. The van der Waals surface area contributed by atoms with E-state index in [9.17, 15) is 4.79 Å². The summed E-state index contributed by atoms with van der Waals surface area (Å²) < 4.78 is 5.38. The van der Waals surface area contributed by atoms with Crippen molar-refractivity contribution >= 4 is 5.97 Å². The molecule has 0 bridgehead atoms. The number of carbonyl (C=O) groups is 1. The van der Waals surface area contributed by atoms with Crippen molar-refractivity contribution in [2.45, 2.75) is 20.3 Å². The number of hydrogen-bond donors (Lipinski definition) is 1. The zero-order chi connectivity index (χ0) is 14.5. The summed E-state index contributed by atoms with van der Waals surface area (Å²) in [4.78, 5) is 19.2. The van der Waals surface area contributed by atoms with Crippen molar-refractivity contribution in [3.05, 3.63) is 53.1 Å². The van der Waals surface area contributed by atoms with E-state index in [1.54, 1.807) is 6.92 Å². The van der Waals surface area contributed by atoms with Crippen molar-refractivity contribution in [1.82, 2.24) is 9.97 Å². The highest BCUT2D eigenvalue weighted by Crippen LogP contribution is 2.14. The fraction of sp³-hybridized carbons (Fsp3) is 0.267. The molecule has 2 aromatic rings. The molecule has 0 aliphatic carbocycles. The molecule has 20 heavy (non-hydrogen) atoms. The second kappa shape index (κ2) is 6.14. The summed E-state index contributed by atoms with van der Waals surface area (Å²) in [6.07, 6.45) is 1.92. The van der Waals surface area contributed by atoms with E-state index in [0.29, 0.717) is 24.5 Å². The molecule has 0 amide bonds. The van der Waals surface area contributed by atoms with Gasteiger partial charge in [0, 0.05) is 12.6 Å². The average molecular weight is 272 g/mol. The van der Waals surface area contributed by atoms with Crippen LogP contribution in [0.2, 0.25) is 0 Å².